The van der Waals surface area contributed by atoms with Crippen molar-refractivity contribution in [3.8, 4) is 0 Å². The molecule has 0 radical (unpaired) electrons. The molecule has 2 aromatic rings. The highest BCUT2D eigenvalue weighted by molar-refractivity contribution is 6.31. The summed E-state index contributed by atoms with van der Waals surface area (Å²) < 4.78 is 13.2. The first-order valence-corrected chi connectivity index (χ1v) is 8.74. The van der Waals surface area contributed by atoms with Crippen LogP contribution in [0, 0.1) is 5.82 Å². The Morgan fingerprint density at radius 3 is 2.72 bits per heavy atom. The van der Waals surface area contributed by atoms with E-state index >= 15 is 0 Å². The normalized spacial score (nSPS) is 16.5. The molecule has 1 saturated heterocycles. The lowest BCUT2D eigenvalue weighted by molar-refractivity contribution is -0.914. The van der Waals surface area contributed by atoms with Crippen LogP contribution in [0.15, 0.2) is 42.6 Å². The Kier molecular flexibility index (Phi) is 5.50. The first-order chi connectivity index (χ1) is 12.0. The molecule has 0 spiro atoms. The van der Waals surface area contributed by atoms with Gasteiger partial charge in [0.15, 0.2) is 6.04 Å². The third kappa shape index (κ3) is 4.27. The summed E-state index contributed by atoms with van der Waals surface area (Å²) in [7, 11) is 0. The average Bonchev–Trinajstić information content (AvgIpc) is 2.65. The number of carbonyl (C=O) groups is 1. The standard InChI is InChI=1S/C18H20ClFN4O/c1-13(18(25)22-14-5-6-16(20)15(19)12-14)23-8-10-24(11-9-23)17-4-2-3-7-21-17/h2-7,12-13H,8-11H2,1H3,(H,22,25)/p+2/t13-/m0/s1. The maximum Gasteiger partial charge on any atom is 0.282 e. The van der Waals surface area contributed by atoms with E-state index in [0.29, 0.717) is 5.69 Å². The minimum atomic E-state index is -0.493. The molecule has 1 amide bonds. The van der Waals surface area contributed by atoms with Crippen LogP contribution in [0.3, 0.4) is 0 Å². The number of piperazine rings is 1. The highest BCUT2D eigenvalue weighted by Gasteiger charge is 2.32. The Morgan fingerprint density at radius 1 is 1.32 bits per heavy atom. The fourth-order valence-electron chi connectivity index (χ4n) is 3.06. The fourth-order valence-corrected chi connectivity index (χ4v) is 3.24. The molecule has 0 saturated carbocycles. The van der Waals surface area contributed by atoms with E-state index in [2.05, 4.69) is 21.3 Å². The van der Waals surface area contributed by atoms with Crippen LogP contribution >= 0.6 is 11.6 Å². The van der Waals surface area contributed by atoms with Crippen molar-refractivity contribution >= 4 is 29.0 Å². The highest BCUT2D eigenvalue weighted by Crippen LogP contribution is 2.19. The Labute approximate surface area is 151 Å². The molecule has 3 N–H and O–H groups in total. The zero-order valence-electron chi connectivity index (χ0n) is 14.1. The zero-order chi connectivity index (χ0) is 17.8. The van der Waals surface area contributed by atoms with Gasteiger partial charge in [-0.25, -0.2) is 9.37 Å². The van der Waals surface area contributed by atoms with Crippen LogP contribution in [-0.2, 0) is 4.79 Å². The van der Waals surface area contributed by atoms with E-state index in [4.69, 9.17) is 11.6 Å². The number of nitrogens with one attached hydrogen (secondary N) is 3. The molecule has 0 bridgehead atoms. The monoisotopic (exact) mass is 364 g/mol. The van der Waals surface area contributed by atoms with Gasteiger partial charge < -0.3 is 10.2 Å². The number of rotatable bonds is 4. The zero-order valence-corrected chi connectivity index (χ0v) is 14.8. The molecule has 25 heavy (non-hydrogen) atoms. The van der Waals surface area contributed by atoms with E-state index in [1.54, 1.807) is 0 Å². The summed E-state index contributed by atoms with van der Waals surface area (Å²) in [6.45, 7) is 5.44. The Morgan fingerprint density at radius 2 is 2.08 bits per heavy atom. The number of aromatic nitrogens is 1. The molecule has 1 aromatic heterocycles. The predicted octanol–water partition coefficient (Wildman–Crippen LogP) is 1.03. The van der Waals surface area contributed by atoms with Gasteiger partial charge in [0.1, 0.15) is 32.0 Å². The molecule has 1 aliphatic rings. The van der Waals surface area contributed by atoms with Crippen molar-refractivity contribution in [1.29, 1.82) is 0 Å². The number of carbonyl (C=O) groups excluding carboxylic acids is 1. The van der Waals surface area contributed by atoms with Crippen LogP contribution in [-0.4, -0.2) is 38.1 Å². The number of anilines is 2. The number of benzene rings is 1. The van der Waals surface area contributed by atoms with Gasteiger partial charge in [-0.1, -0.05) is 17.7 Å². The van der Waals surface area contributed by atoms with Crippen molar-refractivity contribution in [2.45, 2.75) is 13.0 Å². The molecule has 1 aliphatic heterocycles. The molecule has 1 aromatic carbocycles. The number of amides is 1. The van der Waals surface area contributed by atoms with Crippen molar-refractivity contribution in [2.24, 2.45) is 0 Å². The third-order valence-electron chi connectivity index (χ3n) is 4.63. The number of nitrogens with zero attached hydrogens (tertiary/aromatic N) is 1. The highest BCUT2D eigenvalue weighted by atomic mass is 35.5. The third-order valence-corrected chi connectivity index (χ3v) is 4.92. The molecule has 3 rings (SSSR count). The Hall–Kier alpha value is -2.18. The summed E-state index contributed by atoms with van der Waals surface area (Å²) in [5.74, 6) is 0.518. The van der Waals surface area contributed by atoms with Crippen molar-refractivity contribution in [2.75, 3.05) is 36.4 Å². The largest absolute Gasteiger partial charge is 0.321 e. The second-order valence-electron chi connectivity index (χ2n) is 6.23. The fraction of sp³-hybridized carbons (Fsp3) is 0.333. The second-order valence-corrected chi connectivity index (χ2v) is 6.64. The van der Waals surface area contributed by atoms with Gasteiger partial charge in [-0.15, -0.1) is 0 Å². The van der Waals surface area contributed by atoms with Gasteiger partial charge in [-0.3, -0.25) is 9.69 Å². The van der Waals surface area contributed by atoms with E-state index in [9.17, 15) is 9.18 Å². The van der Waals surface area contributed by atoms with Gasteiger partial charge in [0, 0.05) is 11.8 Å². The number of pyridine rings is 1. The molecule has 1 atom stereocenters. The van der Waals surface area contributed by atoms with E-state index in [0.717, 1.165) is 32.0 Å². The van der Waals surface area contributed by atoms with E-state index in [-0.39, 0.29) is 17.0 Å². The maximum absolute atomic E-state index is 13.2. The molecule has 0 unspecified atom stereocenters. The second kappa shape index (κ2) is 7.80. The quantitative estimate of drug-likeness (QED) is 0.851. The summed E-state index contributed by atoms with van der Waals surface area (Å²) in [6, 6.07) is 10.0. The van der Waals surface area contributed by atoms with Gasteiger partial charge in [0.05, 0.1) is 11.2 Å². The summed E-state index contributed by atoms with van der Waals surface area (Å²) in [6.07, 6.45) is 1.92. The maximum atomic E-state index is 13.2. The Bertz CT molecular complexity index is 735. The first-order valence-electron chi connectivity index (χ1n) is 8.37. The lowest BCUT2D eigenvalue weighted by atomic mass is 10.2. The molecule has 7 heteroatoms. The number of halogens is 2. The van der Waals surface area contributed by atoms with Crippen LogP contribution in [0.4, 0.5) is 15.9 Å². The van der Waals surface area contributed by atoms with Crippen molar-refractivity contribution in [3.63, 3.8) is 0 Å². The summed E-state index contributed by atoms with van der Waals surface area (Å²) in [4.78, 5) is 19.2. The average molecular weight is 365 g/mol. The van der Waals surface area contributed by atoms with Crippen LogP contribution in [0.5, 0.6) is 0 Å². The molecule has 5 nitrogen and oxygen atoms in total. The topological polar surface area (TPSA) is 50.9 Å². The van der Waals surface area contributed by atoms with Crippen LogP contribution in [0.25, 0.3) is 0 Å². The first kappa shape index (κ1) is 17.6. The summed E-state index contributed by atoms with van der Waals surface area (Å²) in [5, 5.41) is 2.82. The minimum absolute atomic E-state index is 0.00512. The number of H-pyrrole nitrogens is 1. The lowest BCUT2D eigenvalue weighted by Gasteiger charge is -2.31. The Balaban J connectivity index is 1.55. The number of hydrogen-bond donors (Lipinski definition) is 2. The number of quaternary nitrogens is 1. The van der Waals surface area contributed by atoms with Crippen molar-refractivity contribution in [3.05, 3.63) is 53.4 Å². The van der Waals surface area contributed by atoms with Crippen molar-refractivity contribution in [1.82, 2.24) is 0 Å². The molecule has 132 valence electrons. The van der Waals surface area contributed by atoms with Crippen LogP contribution < -0.4 is 20.1 Å². The SMILES string of the molecule is C[C@@H](C(=O)Nc1ccc(F)c(Cl)c1)[NH+]1CCN(c2cccc[nH+]2)CC1. The summed E-state index contributed by atoms with van der Waals surface area (Å²) in [5.41, 5.74) is 0.514. The van der Waals surface area contributed by atoms with Gasteiger partial charge in [-0.2, -0.15) is 0 Å². The van der Waals surface area contributed by atoms with Crippen molar-refractivity contribution < 1.29 is 19.1 Å². The van der Waals surface area contributed by atoms with Crippen LogP contribution in [0.1, 0.15) is 6.92 Å². The smallest absolute Gasteiger partial charge is 0.282 e. The van der Waals surface area contributed by atoms with Gasteiger partial charge in [0.2, 0.25) is 0 Å². The minimum Gasteiger partial charge on any atom is -0.321 e. The van der Waals surface area contributed by atoms with E-state index in [1.807, 2.05) is 25.3 Å². The van der Waals surface area contributed by atoms with Crippen LogP contribution in [0.2, 0.25) is 5.02 Å². The van der Waals surface area contributed by atoms with E-state index in [1.165, 1.54) is 23.1 Å². The van der Waals surface area contributed by atoms with Gasteiger partial charge in [-0.05, 0) is 31.2 Å². The van der Waals surface area contributed by atoms with E-state index < -0.39 is 5.82 Å². The molecular weight excluding hydrogens is 343 g/mol. The molecule has 2 heterocycles. The summed E-state index contributed by atoms with van der Waals surface area (Å²) >= 11 is 5.76. The predicted molar refractivity (Wildman–Crippen MR) is 95.4 cm³/mol. The molecular formula is C18H22ClFN4O+2. The lowest BCUT2D eigenvalue weighted by Crippen LogP contribution is -3.19. The number of aromatic amines is 1. The molecule has 0 aliphatic carbocycles. The number of hydrogen-bond acceptors (Lipinski definition) is 2. The molecule has 1 fully saturated rings. The van der Waals surface area contributed by atoms with Gasteiger partial charge in [0.25, 0.3) is 11.7 Å². The van der Waals surface area contributed by atoms with Gasteiger partial charge >= 0.3 is 0 Å².